The van der Waals surface area contributed by atoms with Crippen LogP contribution in [-0.4, -0.2) is 5.78 Å². The Morgan fingerprint density at radius 1 is 1.28 bits per heavy atom. The molecule has 0 radical (unpaired) electrons. The van der Waals surface area contributed by atoms with Crippen LogP contribution in [0.1, 0.15) is 33.6 Å². The lowest BCUT2D eigenvalue weighted by Crippen LogP contribution is -2.33. The smallest absolute Gasteiger partial charge is 0.189 e. The van der Waals surface area contributed by atoms with Crippen LogP contribution in [0.15, 0.2) is 35.9 Å². The second kappa shape index (κ2) is 5.34. The highest BCUT2D eigenvalue weighted by Crippen LogP contribution is 2.15. The van der Waals surface area contributed by atoms with E-state index in [1.807, 2.05) is 31.2 Å². The molecule has 0 spiro atoms. The Kier molecular flexibility index (Phi) is 3.81. The fraction of sp³-hybridized carbons (Fsp3) is 0.353. The molecule has 0 N–H and O–H groups in total. The van der Waals surface area contributed by atoms with Gasteiger partial charge in [0.05, 0.1) is 0 Å². The number of rotatable bonds is 3. The molecule has 0 heterocycles. The van der Waals surface area contributed by atoms with Crippen LogP contribution in [0, 0.1) is 5.92 Å². The minimum Gasteiger partial charge on any atom is -0.289 e. The van der Waals surface area contributed by atoms with Gasteiger partial charge in [-0.15, -0.1) is 0 Å². The minimum absolute atomic E-state index is 0.177. The molecule has 0 aromatic heterocycles. The molecule has 94 valence electrons. The third kappa shape index (κ3) is 2.45. The number of Topliss-reactive ketones (excluding diaryl/α,β-unsaturated/α-hetero) is 1. The number of fused-ring (bicyclic) bond motifs is 1. The average Bonchev–Trinajstić information content (AvgIpc) is 2.36. The number of hydrogen-bond donors (Lipinski definition) is 0. The van der Waals surface area contributed by atoms with Gasteiger partial charge in [-0.1, -0.05) is 50.6 Å². The highest BCUT2D eigenvalue weighted by molar-refractivity contribution is 6.27. The van der Waals surface area contributed by atoms with E-state index >= 15 is 0 Å². The zero-order valence-corrected chi connectivity index (χ0v) is 11.4. The Labute approximate surface area is 109 Å². The standard InChI is InChI=1S/C17H20O/c1-4-7-12(2)10-15-11-14-8-5-6-9-16(14)13(3)17(15)18/h5-6,8-12H,4,7H2,1-3H3. The van der Waals surface area contributed by atoms with Crippen LogP contribution in [-0.2, 0) is 4.79 Å². The van der Waals surface area contributed by atoms with E-state index in [1.165, 1.54) is 0 Å². The van der Waals surface area contributed by atoms with Crippen LogP contribution in [0.25, 0.3) is 11.6 Å². The first kappa shape index (κ1) is 12.8. The molecule has 0 amide bonds. The largest absolute Gasteiger partial charge is 0.289 e. The molecule has 0 bridgehead atoms. The molecule has 1 atom stereocenters. The number of carbonyl (C=O) groups is 1. The van der Waals surface area contributed by atoms with E-state index in [4.69, 9.17) is 0 Å². The SMILES string of the molecule is CCCC(C)C=C1C=c2ccccc2=C(C)C1=O. The lowest BCUT2D eigenvalue weighted by molar-refractivity contribution is -0.110. The second-order valence-electron chi connectivity index (χ2n) is 5.07. The zero-order chi connectivity index (χ0) is 13.1. The van der Waals surface area contributed by atoms with Gasteiger partial charge in [0, 0.05) is 11.1 Å². The van der Waals surface area contributed by atoms with Gasteiger partial charge < -0.3 is 0 Å². The molecule has 1 nitrogen and oxygen atoms in total. The summed E-state index contributed by atoms with van der Waals surface area (Å²) in [6.45, 7) is 6.27. The molecule has 1 heteroatoms. The van der Waals surface area contributed by atoms with Gasteiger partial charge in [-0.3, -0.25) is 4.79 Å². The number of allylic oxidation sites excluding steroid dienone is 2. The van der Waals surface area contributed by atoms with Crippen molar-refractivity contribution in [2.24, 2.45) is 5.92 Å². The summed E-state index contributed by atoms with van der Waals surface area (Å²) in [5.74, 6) is 0.639. The van der Waals surface area contributed by atoms with Crippen molar-refractivity contribution in [3.8, 4) is 0 Å². The molecule has 1 unspecified atom stereocenters. The molecular weight excluding hydrogens is 220 g/mol. The normalized spacial score (nSPS) is 18.5. The minimum atomic E-state index is 0.177. The predicted octanol–water partition coefficient (Wildman–Crippen LogP) is 2.58. The van der Waals surface area contributed by atoms with Gasteiger partial charge >= 0.3 is 0 Å². The lowest BCUT2D eigenvalue weighted by atomic mass is 9.92. The van der Waals surface area contributed by atoms with E-state index in [2.05, 4.69) is 26.0 Å². The Balaban J connectivity index is 2.51. The summed E-state index contributed by atoms with van der Waals surface area (Å²) >= 11 is 0. The topological polar surface area (TPSA) is 17.1 Å². The van der Waals surface area contributed by atoms with Crippen molar-refractivity contribution in [1.82, 2.24) is 0 Å². The van der Waals surface area contributed by atoms with Crippen molar-refractivity contribution in [3.05, 3.63) is 46.4 Å². The Bertz CT molecular complexity index is 605. The molecule has 2 rings (SSSR count). The van der Waals surface area contributed by atoms with E-state index in [0.29, 0.717) is 5.92 Å². The number of carbonyl (C=O) groups excluding carboxylic acids is 1. The summed E-state index contributed by atoms with van der Waals surface area (Å²) in [4.78, 5) is 12.3. The summed E-state index contributed by atoms with van der Waals surface area (Å²) in [5, 5.41) is 2.23. The Morgan fingerprint density at radius 3 is 2.72 bits per heavy atom. The van der Waals surface area contributed by atoms with Crippen LogP contribution in [0.3, 0.4) is 0 Å². The van der Waals surface area contributed by atoms with Gasteiger partial charge in [-0.05, 0) is 35.8 Å². The van der Waals surface area contributed by atoms with Crippen molar-refractivity contribution in [2.45, 2.75) is 33.6 Å². The van der Waals surface area contributed by atoms with Crippen molar-refractivity contribution < 1.29 is 4.79 Å². The molecule has 0 saturated carbocycles. The fourth-order valence-electron chi connectivity index (χ4n) is 2.51. The number of hydrogen-bond acceptors (Lipinski definition) is 1. The molecular formula is C17H20O. The van der Waals surface area contributed by atoms with Crippen molar-refractivity contribution >= 4 is 17.4 Å². The molecule has 1 aliphatic carbocycles. The first-order valence-corrected chi connectivity index (χ1v) is 6.67. The molecule has 0 fully saturated rings. The molecule has 18 heavy (non-hydrogen) atoms. The van der Waals surface area contributed by atoms with E-state index in [9.17, 15) is 4.79 Å². The molecule has 1 aromatic rings. The number of benzene rings is 1. The monoisotopic (exact) mass is 240 g/mol. The first-order chi connectivity index (χ1) is 8.63. The van der Waals surface area contributed by atoms with Crippen molar-refractivity contribution in [1.29, 1.82) is 0 Å². The van der Waals surface area contributed by atoms with Crippen LogP contribution >= 0.6 is 0 Å². The molecule has 0 aliphatic heterocycles. The third-order valence-corrected chi connectivity index (χ3v) is 3.49. The van der Waals surface area contributed by atoms with E-state index in [-0.39, 0.29) is 5.78 Å². The van der Waals surface area contributed by atoms with Crippen molar-refractivity contribution in [2.75, 3.05) is 0 Å². The number of ketones is 1. The van der Waals surface area contributed by atoms with Gasteiger partial charge in [0.25, 0.3) is 0 Å². The third-order valence-electron chi connectivity index (χ3n) is 3.49. The summed E-state index contributed by atoms with van der Waals surface area (Å²) in [6, 6.07) is 8.10. The fourth-order valence-corrected chi connectivity index (χ4v) is 2.51. The average molecular weight is 240 g/mol. The zero-order valence-electron chi connectivity index (χ0n) is 11.4. The quantitative estimate of drug-likeness (QED) is 0.742. The summed E-state index contributed by atoms with van der Waals surface area (Å²) in [7, 11) is 0. The second-order valence-corrected chi connectivity index (χ2v) is 5.07. The summed E-state index contributed by atoms with van der Waals surface area (Å²) in [6.07, 6.45) is 6.42. The van der Waals surface area contributed by atoms with E-state index < -0.39 is 0 Å². The highest BCUT2D eigenvalue weighted by atomic mass is 16.1. The van der Waals surface area contributed by atoms with Crippen LogP contribution in [0.4, 0.5) is 0 Å². The van der Waals surface area contributed by atoms with Gasteiger partial charge in [-0.2, -0.15) is 0 Å². The lowest BCUT2D eigenvalue weighted by Gasteiger charge is -2.11. The van der Waals surface area contributed by atoms with E-state index in [0.717, 1.165) is 34.4 Å². The molecule has 1 aliphatic rings. The molecule has 0 saturated heterocycles. The maximum Gasteiger partial charge on any atom is 0.189 e. The van der Waals surface area contributed by atoms with Crippen LogP contribution < -0.4 is 10.4 Å². The maximum absolute atomic E-state index is 12.3. The first-order valence-electron chi connectivity index (χ1n) is 6.67. The summed E-state index contributed by atoms with van der Waals surface area (Å²) in [5.41, 5.74) is 1.72. The van der Waals surface area contributed by atoms with Gasteiger partial charge in [-0.25, -0.2) is 0 Å². The van der Waals surface area contributed by atoms with Gasteiger partial charge in [0.2, 0.25) is 0 Å². The highest BCUT2D eigenvalue weighted by Gasteiger charge is 2.15. The van der Waals surface area contributed by atoms with Crippen LogP contribution in [0.5, 0.6) is 0 Å². The molecule has 1 aromatic carbocycles. The van der Waals surface area contributed by atoms with Gasteiger partial charge in [0.15, 0.2) is 5.78 Å². The predicted molar refractivity (Wildman–Crippen MR) is 76.4 cm³/mol. The maximum atomic E-state index is 12.3. The van der Waals surface area contributed by atoms with Crippen molar-refractivity contribution in [3.63, 3.8) is 0 Å². The Morgan fingerprint density at radius 2 is 2.00 bits per heavy atom. The summed E-state index contributed by atoms with van der Waals surface area (Å²) < 4.78 is 0. The van der Waals surface area contributed by atoms with E-state index in [1.54, 1.807) is 0 Å². The van der Waals surface area contributed by atoms with Crippen LogP contribution in [0.2, 0.25) is 0 Å². The Hall–Kier alpha value is -1.63. The van der Waals surface area contributed by atoms with Gasteiger partial charge in [0.1, 0.15) is 0 Å².